The van der Waals surface area contributed by atoms with Crippen molar-refractivity contribution in [3.05, 3.63) is 77.5 Å². The third kappa shape index (κ3) is 3.50. The molecule has 0 spiro atoms. The Bertz CT molecular complexity index is 1030. The minimum absolute atomic E-state index is 0.0564. The number of carbonyl (C=O) groups is 1. The van der Waals surface area contributed by atoms with E-state index >= 15 is 0 Å². The summed E-state index contributed by atoms with van der Waals surface area (Å²) in [6, 6.07) is 9.21. The van der Waals surface area contributed by atoms with Crippen molar-refractivity contribution in [2.75, 3.05) is 5.32 Å². The molecule has 27 heavy (non-hydrogen) atoms. The van der Waals surface area contributed by atoms with Crippen LogP contribution in [0, 0.1) is 18.6 Å². The number of aryl methyl sites for hydroxylation is 1. The van der Waals surface area contributed by atoms with Crippen LogP contribution in [0.4, 0.5) is 14.5 Å². The second-order valence-corrected chi connectivity index (χ2v) is 6.88. The molecule has 0 aliphatic rings. The van der Waals surface area contributed by atoms with Crippen molar-refractivity contribution < 1.29 is 13.6 Å². The Morgan fingerprint density at radius 2 is 1.96 bits per heavy atom. The number of nitrogens with one attached hydrogen (secondary N) is 1. The number of aromatic nitrogens is 1. The molecule has 5 heteroatoms. The zero-order valence-electron chi connectivity index (χ0n) is 15.6. The first-order valence-corrected chi connectivity index (χ1v) is 8.83. The molecule has 0 radical (unpaired) electrons. The van der Waals surface area contributed by atoms with E-state index in [9.17, 15) is 13.6 Å². The lowest BCUT2D eigenvalue weighted by Gasteiger charge is -2.11. The number of carbonyl (C=O) groups excluding carboxylic acids is 1. The van der Waals surface area contributed by atoms with Crippen LogP contribution in [0.1, 0.15) is 41.4 Å². The molecule has 3 rings (SSSR count). The number of hydrogen-bond acceptors (Lipinski definition) is 1. The predicted octanol–water partition coefficient (Wildman–Crippen LogP) is 5.79. The molecular formula is C22H22F2N2O. The highest BCUT2D eigenvalue weighted by Gasteiger charge is 2.21. The Hall–Kier alpha value is -2.95. The van der Waals surface area contributed by atoms with E-state index < -0.39 is 17.5 Å². The first-order chi connectivity index (χ1) is 12.8. The summed E-state index contributed by atoms with van der Waals surface area (Å²) in [4.78, 5) is 12.9. The zero-order chi connectivity index (χ0) is 19.7. The number of rotatable bonds is 5. The summed E-state index contributed by atoms with van der Waals surface area (Å²) in [6.07, 6.45) is 1.71. The molecular weight excluding hydrogens is 346 g/mol. The van der Waals surface area contributed by atoms with Crippen molar-refractivity contribution in [1.29, 1.82) is 0 Å². The Balaban J connectivity index is 2.11. The third-order valence-electron chi connectivity index (χ3n) is 4.71. The number of hydrogen-bond donors (Lipinski definition) is 1. The lowest BCUT2D eigenvalue weighted by atomic mass is 10.0. The van der Waals surface area contributed by atoms with Gasteiger partial charge in [0.1, 0.15) is 17.3 Å². The smallest absolute Gasteiger partial charge is 0.272 e. The van der Waals surface area contributed by atoms with Gasteiger partial charge in [0.25, 0.3) is 5.91 Å². The average Bonchev–Trinajstić information content (AvgIpc) is 2.89. The summed E-state index contributed by atoms with van der Waals surface area (Å²) in [5.74, 6) is -1.58. The summed E-state index contributed by atoms with van der Waals surface area (Å²) >= 11 is 0. The molecule has 0 aliphatic heterocycles. The lowest BCUT2D eigenvalue weighted by Crippen LogP contribution is -2.18. The van der Waals surface area contributed by atoms with Gasteiger partial charge in [0, 0.05) is 23.5 Å². The van der Waals surface area contributed by atoms with E-state index in [4.69, 9.17) is 0 Å². The van der Waals surface area contributed by atoms with E-state index in [1.165, 1.54) is 11.6 Å². The molecule has 0 aliphatic carbocycles. The Morgan fingerprint density at radius 1 is 1.22 bits per heavy atom. The minimum atomic E-state index is -0.811. The van der Waals surface area contributed by atoms with E-state index in [1.807, 2.05) is 23.6 Å². The first kappa shape index (κ1) is 18.8. The molecule has 0 atom stereocenters. The molecule has 0 unspecified atom stereocenters. The van der Waals surface area contributed by atoms with Crippen LogP contribution in [0.25, 0.3) is 10.9 Å². The number of nitrogens with zero attached hydrogens (tertiary/aromatic N) is 1. The summed E-state index contributed by atoms with van der Waals surface area (Å²) in [5, 5.41) is 3.54. The maximum absolute atomic E-state index is 13.9. The van der Waals surface area contributed by atoms with Crippen LogP contribution in [-0.4, -0.2) is 10.5 Å². The predicted molar refractivity (Wildman–Crippen MR) is 105 cm³/mol. The van der Waals surface area contributed by atoms with Crippen molar-refractivity contribution in [3.63, 3.8) is 0 Å². The molecule has 0 fully saturated rings. The highest BCUT2D eigenvalue weighted by molar-refractivity contribution is 6.08. The number of benzene rings is 2. The molecule has 140 valence electrons. The maximum Gasteiger partial charge on any atom is 0.272 e. The highest BCUT2D eigenvalue weighted by atomic mass is 19.1. The van der Waals surface area contributed by atoms with Gasteiger partial charge in [-0.1, -0.05) is 26.0 Å². The molecule has 0 saturated carbocycles. The summed E-state index contributed by atoms with van der Waals surface area (Å²) in [7, 11) is 0. The number of allylic oxidation sites excluding steroid dienone is 1. The van der Waals surface area contributed by atoms with Crippen LogP contribution >= 0.6 is 0 Å². The van der Waals surface area contributed by atoms with Gasteiger partial charge >= 0.3 is 0 Å². The Morgan fingerprint density at radius 3 is 2.59 bits per heavy atom. The van der Waals surface area contributed by atoms with Gasteiger partial charge in [-0.25, -0.2) is 8.78 Å². The standard InChI is InChI=1S/C22H22F2N2O/c1-5-10-26-20-9-6-15(13(2)3)11-17(20)14(4)21(26)22(27)25-19-8-7-16(23)12-18(19)24/h5-9,11-13H,1,10H2,2-4H3,(H,25,27). The molecule has 1 amide bonds. The largest absolute Gasteiger partial charge is 0.332 e. The Kier molecular flexibility index (Phi) is 5.13. The summed E-state index contributed by atoms with van der Waals surface area (Å²) in [5.41, 5.74) is 3.29. The number of anilines is 1. The monoisotopic (exact) mass is 368 g/mol. The van der Waals surface area contributed by atoms with Crippen molar-refractivity contribution in [2.45, 2.75) is 33.2 Å². The van der Waals surface area contributed by atoms with E-state index in [2.05, 4.69) is 31.8 Å². The zero-order valence-corrected chi connectivity index (χ0v) is 15.6. The quantitative estimate of drug-likeness (QED) is 0.568. The van der Waals surface area contributed by atoms with Gasteiger partial charge in [-0.3, -0.25) is 4.79 Å². The highest BCUT2D eigenvalue weighted by Crippen LogP contribution is 2.30. The fourth-order valence-electron chi connectivity index (χ4n) is 3.28. The fourth-order valence-corrected chi connectivity index (χ4v) is 3.28. The topological polar surface area (TPSA) is 34.0 Å². The Labute approximate surface area is 157 Å². The van der Waals surface area contributed by atoms with Gasteiger partial charge in [-0.2, -0.15) is 0 Å². The number of fused-ring (bicyclic) bond motifs is 1. The average molecular weight is 368 g/mol. The number of halogens is 2. The summed E-state index contributed by atoms with van der Waals surface area (Å²) in [6.45, 7) is 10.3. The molecule has 1 N–H and O–H groups in total. The van der Waals surface area contributed by atoms with Crippen molar-refractivity contribution in [2.24, 2.45) is 0 Å². The van der Waals surface area contributed by atoms with Crippen LogP contribution < -0.4 is 5.32 Å². The maximum atomic E-state index is 13.9. The molecule has 3 nitrogen and oxygen atoms in total. The molecule has 1 aromatic heterocycles. The fraction of sp³-hybridized carbons (Fsp3) is 0.227. The van der Waals surface area contributed by atoms with Gasteiger partial charge in [0.05, 0.1) is 5.69 Å². The van der Waals surface area contributed by atoms with Crippen LogP contribution in [0.2, 0.25) is 0 Å². The van der Waals surface area contributed by atoms with E-state index in [-0.39, 0.29) is 5.69 Å². The van der Waals surface area contributed by atoms with Gasteiger partial charge < -0.3 is 9.88 Å². The minimum Gasteiger partial charge on any atom is -0.332 e. The molecule has 0 bridgehead atoms. The summed E-state index contributed by atoms with van der Waals surface area (Å²) < 4.78 is 28.9. The van der Waals surface area contributed by atoms with Crippen LogP contribution in [-0.2, 0) is 6.54 Å². The molecule has 1 heterocycles. The second-order valence-electron chi connectivity index (χ2n) is 6.88. The number of amides is 1. The van der Waals surface area contributed by atoms with Gasteiger partial charge in [-0.05, 0) is 48.2 Å². The van der Waals surface area contributed by atoms with Crippen molar-refractivity contribution >= 4 is 22.5 Å². The molecule has 2 aromatic carbocycles. The van der Waals surface area contributed by atoms with Crippen LogP contribution in [0.5, 0.6) is 0 Å². The second kappa shape index (κ2) is 7.35. The lowest BCUT2D eigenvalue weighted by molar-refractivity contribution is 0.101. The normalized spacial score (nSPS) is 11.2. The molecule has 0 saturated heterocycles. The van der Waals surface area contributed by atoms with Crippen molar-refractivity contribution in [1.82, 2.24) is 4.57 Å². The van der Waals surface area contributed by atoms with Gasteiger partial charge in [-0.15, -0.1) is 6.58 Å². The first-order valence-electron chi connectivity index (χ1n) is 8.83. The van der Waals surface area contributed by atoms with Gasteiger partial charge in [0.2, 0.25) is 0 Å². The van der Waals surface area contributed by atoms with Crippen LogP contribution in [0.15, 0.2) is 49.1 Å². The van der Waals surface area contributed by atoms with Crippen LogP contribution in [0.3, 0.4) is 0 Å². The molecule has 3 aromatic rings. The van der Waals surface area contributed by atoms with E-state index in [0.717, 1.165) is 28.6 Å². The van der Waals surface area contributed by atoms with E-state index in [0.29, 0.717) is 18.2 Å². The third-order valence-corrected chi connectivity index (χ3v) is 4.71. The van der Waals surface area contributed by atoms with Gasteiger partial charge in [0.15, 0.2) is 0 Å². The van der Waals surface area contributed by atoms with Crippen molar-refractivity contribution in [3.8, 4) is 0 Å². The van der Waals surface area contributed by atoms with E-state index in [1.54, 1.807) is 6.08 Å². The SMILES string of the molecule is C=CCn1c(C(=O)Nc2ccc(F)cc2F)c(C)c2cc(C(C)C)ccc21.